The number of hydrogen-bond acceptors (Lipinski definition) is 2. The summed E-state index contributed by atoms with van der Waals surface area (Å²) in [5, 5.41) is 3.22. The molecule has 0 amide bonds. The van der Waals surface area contributed by atoms with E-state index in [0.717, 1.165) is 19.2 Å². The number of methoxy groups -OCH3 is 1. The lowest BCUT2D eigenvalue weighted by atomic mass is 10.0. The van der Waals surface area contributed by atoms with Crippen LogP contribution in [0.15, 0.2) is 18.2 Å². The van der Waals surface area contributed by atoms with Crippen molar-refractivity contribution in [3.63, 3.8) is 0 Å². The van der Waals surface area contributed by atoms with Gasteiger partial charge < -0.3 is 10.1 Å². The van der Waals surface area contributed by atoms with Gasteiger partial charge in [-0.25, -0.2) is 8.78 Å². The van der Waals surface area contributed by atoms with Gasteiger partial charge in [0.05, 0.1) is 6.61 Å². The molecule has 0 aromatic heterocycles. The smallest absolute Gasteiger partial charge is 0.126 e. The molecule has 0 spiro atoms. The molecule has 2 nitrogen and oxygen atoms in total. The van der Waals surface area contributed by atoms with E-state index in [4.69, 9.17) is 4.74 Å². The number of nitrogens with one attached hydrogen (secondary N) is 1. The zero-order valence-electron chi connectivity index (χ0n) is 10.3. The predicted molar refractivity (Wildman–Crippen MR) is 64.0 cm³/mol. The van der Waals surface area contributed by atoms with Crippen molar-refractivity contribution in [3.8, 4) is 0 Å². The van der Waals surface area contributed by atoms with Crippen molar-refractivity contribution < 1.29 is 13.5 Å². The molecule has 0 saturated heterocycles. The molecule has 1 aromatic rings. The van der Waals surface area contributed by atoms with Crippen molar-refractivity contribution in [2.75, 3.05) is 26.8 Å². The first-order chi connectivity index (χ1) is 8.11. The van der Waals surface area contributed by atoms with Crippen LogP contribution in [0, 0.1) is 17.6 Å². The van der Waals surface area contributed by atoms with Gasteiger partial charge in [-0.1, -0.05) is 6.92 Å². The van der Waals surface area contributed by atoms with E-state index in [1.165, 1.54) is 12.1 Å². The van der Waals surface area contributed by atoms with Crippen LogP contribution in [0.25, 0.3) is 0 Å². The monoisotopic (exact) mass is 243 g/mol. The van der Waals surface area contributed by atoms with E-state index in [9.17, 15) is 8.78 Å². The summed E-state index contributed by atoms with van der Waals surface area (Å²) in [6.45, 7) is 4.31. The third-order valence-electron chi connectivity index (χ3n) is 2.48. The van der Waals surface area contributed by atoms with Gasteiger partial charge in [0.25, 0.3) is 0 Å². The van der Waals surface area contributed by atoms with Gasteiger partial charge in [-0.15, -0.1) is 0 Å². The minimum Gasteiger partial charge on any atom is -0.383 e. The third kappa shape index (κ3) is 5.75. The maximum absolute atomic E-state index is 13.0. The Bertz CT molecular complexity index is 324. The summed E-state index contributed by atoms with van der Waals surface area (Å²) in [7, 11) is 1.65. The van der Waals surface area contributed by atoms with E-state index in [2.05, 4.69) is 5.32 Å². The predicted octanol–water partition coefficient (Wildman–Crippen LogP) is 2.38. The molecule has 1 atom stereocenters. The molecule has 0 fully saturated rings. The zero-order valence-corrected chi connectivity index (χ0v) is 10.3. The van der Waals surface area contributed by atoms with Gasteiger partial charge >= 0.3 is 0 Å². The van der Waals surface area contributed by atoms with Crippen LogP contribution in [-0.2, 0) is 11.2 Å². The molecule has 0 heterocycles. The van der Waals surface area contributed by atoms with Crippen LogP contribution in [0.2, 0.25) is 0 Å². The molecule has 0 aliphatic rings. The van der Waals surface area contributed by atoms with Crippen molar-refractivity contribution in [2.45, 2.75) is 13.3 Å². The number of benzene rings is 1. The zero-order chi connectivity index (χ0) is 12.7. The van der Waals surface area contributed by atoms with E-state index < -0.39 is 11.6 Å². The fraction of sp³-hybridized carbons (Fsp3) is 0.538. The molecule has 1 unspecified atom stereocenters. The molecular formula is C13H19F2NO. The number of rotatable bonds is 7. The number of halogens is 2. The van der Waals surface area contributed by atoms with E-state index >= 15 is 0 Å². The molecule has 0 bridgehead atoms. The van der Waals surface area contributed by atoms with Gasteiger partial charge in [0.15, 0.2) is 0 Å². The van der Waals surface area contributed by atoms with Crippen molar-refractivity contribution in [1.29, 1.82) is 0 Å². The molecule has 1 rings (SSSR count). The molecular weight excluding hydrogens is 224 g/mol. The SMILES string of the molecule is COCCNCC(C)Cc1cc(F)cc(F)c1. The number of ether oxygens (including phenoxy) is 1. The molecule has 96 valence electrons. The van der Waals surface area contributed by atoms with Crippen LogP contribution >= 0.6 is 0 Å². The largest absolute Gasteiger partial charge is 0.383 e. The number of hydrogen-bond donors (Lipinski definition) is 1. The summed E-state index contributed by atoms with van der Waals surface area (Å²) in [4.78, 5) is 0. The van der Waals surface area contributed by atoms with Crippen LogP contribution in [0.5, 0.6) is 0 Å². The Morgan fingerprint density at radius 2 is 1.88 bits per heavy atom. The highest BCUT2D eigenvalue weighted by Crippen LogP contribution is 2.12. The minimum absolute atomic E-state index is 0.327. The summed E-state index contributed by atoms with van der Waals surface area (Å²) in [5.41, 5.74) is 0.698. The lowest BCUT2D eigenvalue weighted by Gasteiger charge is -2.12. The second kappa shape index (κ2) is 7.35. The van der Waals surface area contributed by atoms with Gasteiger partial charge in [-0.05, 0) is 36.6 Å². The fourth-order valence-corrected chi connectivity index (χ4v) is 1.73. The van der Waals surface area contributed by atoms with E-state index in [0.29, 0.717) is 24.5 Å². The normalized spacial score (nSPS) is 12.7. The molecule has 0 saturated carbocycles. The van der Waals surface area contributed by atoms with E-state index in [1.807, 2.05) is 6.92 Å². The highest BCUT2D eigenvalue weighted by Gasteiger charge is 2.06. The second-order valence-electron chi connectivity index (χ2n) is 4.28. The van der Waals surface area contributed by atoms with Crippen molar-refractivity contribution in [3.05, 3.63) is 35.4 Å². The standard InChI is InChI=1S/C13H19F2NO/c1-10(9-16-3-4-17-2)5-11-6-12(14)8-13(15)7-11/h6-8,10,16H,3-5,9H2,1-2H3. The Balaban J connectivity index is 2.36. The topological polar surface area (TPSA) is 21.3 Å². The summed E-state index contributed by atoms with van der Waals surface area (Å²) < 4.78 is 30.8. The Morgan fingerprint density at radius 3 is 2.47 bits per heavy atom. The molecule has 4 heteroatoms. The first-order valence-electron chi connectivity index (χ1n) is 5.76. The van der Waals surface area contributed by atoms with Crippen molar-refractivity contribution in [1.82, 2.24) is 5.32 Å². The van der Waals surface area contributed by atoms with Gasteiger partial charge in [0, 0.05) is 19.7 Å². The Kier molecular flexibility index (Phi) is 6.08. The molecule has 0 aliphatic heterocycles. The molecule has 1 aromatic carbocycles. The van der Waals surface area contributed by atoms with Gasteiger partial charge in [0.1, 0.15) is 11.6 Å². The maximum atomic E-state index is 13.0. The van der Waals surface area contributed by atoms with Gasteiger partial charge in [-0.2, -0.15) is 0 Å². The highest BCUT2D eigenvalue weighted by atomic mass is 19.1. The van der Waals surface area contributed by atoms with E-state index in [-0.39, 0.29) is 0 Å². The lowest BCUT2D eigenvalue weighted by molar-refractivity contribution is 0.198. The quantitative estimate of drug-likeness (QED) is 0.742. The van der Waals surface area contributed by atoms with Crippen molar-refractivity contribution in [2.24, 2.45) is 5.92 Å². The average molecular weight is 243 g/mol. The first-order valence-corrected chi connectivity index (χ1v) is 5.76. The summed E-state index contributed by atoms with van der Waals surface area (Å²) in [5.74, 6) is -0.702. The van der Waals surface area contributed by atoms with Crippen molar-refractivity contribution >= 4 is 0 Å². The van der Waals surface area contributed by atoms with Crippen LogP contribution in [-0.4, -0.2) is 26.8 Å². The van der Waals surface area contributed by atoms with Crippen LogP contribution in [0.1, 0.15) is 12.5 Å². The average Bonchev–Trinajstić information content (AvgIpc) is 2.23. The third-order valence-corrected chi connectivity index (χ3v) is 2.48. The lowest BCUT2D eigenvalue weighted by Crippen LogP contribution is -2.25. The minimum atomic E-state index is -0.514. The van der Waals surface area contributed by atoms with Gasteiger partial charge in [0.2, 0.25) is 0 Å². The van der Waals surface area contributed by atoms with Crippen LogP contribution in [0.3, 0.4) is 0 Å². The second-order valence-corrected chi connectivity index (χ2v) is 4.28. The van der Waals surface area contributed by atoms with Crippen LogP contribution in [0.4, 0.5) is 8.78 Å². The van der Waals surface area contributed by atoms with Gasteiger partial charge in [-0.3, -0.25) is 0 Å². The summed E-state index contributed by atoms with van der Waals surface area (Å²) in [6.07, 6.45) is 0.661. The van der Waals surface area contributed by atoms with Crippen LogP contribution < -0.4 is 5.32 Å². The Labute approximate surface area is 101 Å². The molecule has 0 aliphatic carbocycles. The highest BCUT2D eigenvalue weighted by molar-refractivity contribution is 5.18. The molecule has 1 N–H and O–H groups in total. The van der Waals surface area contributed by atoms with E-state index in [1.54, 1.807) is 7.11 Å². The summed E-state index contributed by atoms with van der Waals surface area (Å²) >= 11 is 0. The molecule has 17 heavy (non-hydrogen) atoms. The first kappa shape index (κ1) is 14.1. The fourth-order valence-electron chi connectivity index (χ4n) is 1.73. The maximum Gasteiger partial charge on any atom is 0.126 e. The molecule has 0 radical (unpaired) electrons. The Morgan fingerprint density at radius 1 is 1.24 bits per heavy atom. The Hall–Kier alpha value is -1.00. The summed E-state index contributed by atoms with van der Waals surface area (Å²) in [6, 6.07) is 3.66.